The van der Waals surface area contributed by atoms with Crippen molar-refractivity contribution in [1.82, 2.24) is 9.88 Å². The van der Waals surface area contributed by atoms with Gasteiger partial charge < -0.3 is 9.64 Å². The summed E-state index contributed by atoms with van der Waals surface area (Å²) < 4.78 is 4.72. The lowest BCUT2D eigenvalue weighted by Gasteiger charge is -2.24. The number of amides is 1. The third kappa shape index (κ3) is 5.77. The zero-order valence-corrected chi connectivity index (χ0v) is 13.0. The number of methoxy groups -OCH3 is 1. The Balaban J connectivity index is 2.87. The van der Waals surface area contributed by atoms with Crippen LogP contribution in [0, 0.1) is 5.92 Å². The molecule has 5 nitrogen and oxygen atoms in total. The van der Waals surface area contributed by atoms with Crippen LogP contribution in [0.25, 0.3) is 0 Å². The Hall–Kier alpha value is -2.17. The molecule has 1 aromatic heterocycles. The SMILES string of the molecule is COC(=O)C(C)CN(Cc1ccncc1)C(=O)C=C(C)C. The summed E-state index contributed by atoms with van der Waals surface area (Å²) in [6, 6.07) is 3.71. The second kappa shape index (κ2) is 8.19. The van der Waals surface area contributed by atoms with Gasteiger partial charge in [-0.2, -0.15) is 0 Å². The first kappa shape index (κ1) is 16.9. The maximum atomic E-state index is 12.3. The van der Waals surface area contributed by atoms with Gasteiger partial charge in [-0.25, -0.2) is 0 Å². The van der Waals surface area contributed by atoms with Crippen molar-refractivity contribution < 1.29 is 14.3 Å². The van der Waals surface area contributed by atoms with Gasteiger partial charge >= 0.3 is 5.97 Å². The molecule has 1 rings (SSSR count). The van der Waals surface area contributed by atoms with Gasteiger partial charge in [-0.1, -0.05) is 12.5 Å². The second-order valence-electron chi connectivity index (χ2n) is 5.22. The smallest absolute Gasteiger partial charge is 0.310 e. The molecule has 0 aliphatic heterocycles. The maximum Gasteiger partial charge on any atom is 0.310 e. The van der Waals surface area contributed by atoms with Crippen molar-refractivity contribution in [2.45, 2.75) is 27.3 Å². The average molecular weight is 290 g/mol. The van der Waals surface area contributed by atoms with Gasteiger partial charge in [0, 0.05) is 31.6 Å². The molecule has 0 fully saturated rings. The first-order valence-corrected chi connectivity index (χ1v) is 6.84. The Morgan fingerprint density at radius 2 is 1.95 bits per heavy atom. The van der Waals surface area contributed by atoms with Crippen molar-refractivity contribution in [2.75, 3.05) is 13.7 Å². The molecule has 0 bridgehead atoms. The molecule has 1 unspecified atom stereocenters. The molecule has 1 heterocycles. The van der Waals surface area contributed by atoms with E-state index in [2.05, 4.69) is 4.98 Å². The highest BCUT2D eigenvalue weighted by Gasteiger charge is 2.20. The number of allylic oxidation sites excluding steroid dienone is 1. The van der Waals surface area contributed by atoms with E-state index in [1.807, 2.05) is 26.0 Å². The summed E-state index contributed by atoms with van der Waals surface area (Å²) in [5.41, 5.74) is 1.89. The Morgan fingerprint density at radius 3 is 2.48 bits per heavy atom. The van der Waals surface area contributed by atoms with Crippen molar-refractivity contribution in [3.63, 3.8) is 0 Å². The molecule has 0 N–H and O–H groups in total. The zero-order chi connectivity index (χ0) is 15.8. The van der Waals surface area contributed by atoms with Crippen LogP contribution >= 0.6 is 0 Å². The lowest BCUT2D eigenvalue weighted by atomic mass is 10.1. The monoisotopic (exact) mass is 290 g/mol. The number of pyridine rings is 1. The summed E-state index contributed by atoms with van der Waals surface area (Å²) in [7, 11) is 1.35. The van der Waals surface area contributed by atoms with E-state index in [1.165, 1.54) is 7.11 Å². The van der Waals surface area contributed by atoms with Crippen LogP contribution in [-0.2, 0) is 20.9 Å². The summed E-state index contributed by atoms with van der Waals surface area (Å²) in [5.74, 6) is -0.798. The van der Waals surface area contributed by atoms with Gasteiger partial charge in [0.2, 0.25) is 5.91 Å². The zero-order valence-electron chi connectivity index (χ0n) is 13.0. The number of aromatic nitrogens is 1. The molecular formula is C16H22N2O3. The third-order valence-electron chi connectivity index (χ3n) is 2.94. The predicted octanol–water partition coefficient (Wildman–Crippen LogP) is 2.19. The van der Waals surface area contributed by atoms with Gasteiger partial charge in [-0.3, -0.25) is 14.6 Å². The number of rotatable bonds is 6. The molecule has 21 heavy (non-hydrogen) atoms. The van der Waals surface area contributed by atoms with Gasteiger partial charge in [0.15, 0.2) is 0 Å². The first-order chi connectivity index (χ1) is 9.93. The molecule has 0 spiro atoms. The van der Waals surface area contributed by atoms with Crippen LogP contribution in [0.1, 0.15) is 26.3 Å². The highest BCUT2D eigenvalue weighted by Crippen LogP contribution is 2.10. The highest BCUT2D eigenvalue weighted by molar-refractivity contribution is 5.88. The van der Waals surface area contributed by atoms with E-state index in [0.29, 0.717) is 13.1 Å². The molecule has 0 saturated carbocycles. The van der Waals surface area contributed by atoms with Crippen molar-refractivity contribution >= 4 is 11.9 Å². The fourth-order valence-electron chi connectivity index (χ4n) is 1.89. The van der Waals surface area contributed by atoms with E-state index in [4.69, 9.17) is 4.74 Å². The normalized spacial score (nSPS) is 11.4. The van der Waals surface area contributed by atoms with Gasteiger partial charge in [0.25, 0.3) is 0 Å². The summed E-state index contributed by atoms with van der Waals surface area (Å²) >= 11 is 0. The molecule has 0 aliphatic carbocycles. The highest BCUT2D eigenvalue weighted by atomic mass is 16.5. The first-order valence-electron chi connectivity index (χ1n) is 6.84. The second-order valence-corrected chi connectivity index (χ2v) is 5.22. The molecule has 1 aromatic rings. The summed E-state index contributed by atoms with van der Waals surface area (Å²) in [4.78, 5) is 29.4. The van der Waals surface area contributed by atoms with E-state index in [-0.39, 0.29) is 17.8 Å². The molecule has 114 valence electrons. The average Bonchev–Trinajstić information content (AvgIpc) is 2.45. The fourth-order valence-corrected chi connectivity index (χ4v) is 1.89. The Morgan fingerprint density at radius 1 is 1.33 bits per heavy atom. The van der Waals surface area contributed by atoms with Gasteiger partial charge in [-0.05, 0) is 31.5 Å². The molecule has 1 amide bonds. The summed E-state index contributed by atoms with van der Waals surface area (Å²) in [6.45, 7) is 6.24. The minimum atomic E-state index is -0.369. The lowest BCUT2D eigenvalue weighted by molar-refractivity contribution is -0.146. The summed E-state index contributed by atoms with van der Waals surface area (Å²) in [6.07, 6.45) is 4.94. The molecule has 1 atom stereocenters. The van der Waals surface area contributed by atoms with Crippen LogP contribution in [0.3, 0.4) is 0 Å². The van der Waals surface area contributed by atoms with E-state index in [1.54, 1.807) is 30.3 Å². The quantitative estimate of drug-likeness (QED) is 0.595. The Bertz CT molecular complexity index is 508. The molecule has 0 radical (unpaired) electrons. The lowest BCUT2D eigenvalue weighted by Crippen LogP contribution is -2.36. The van der Waals surface area contributed by atoms with E-state index >= 15 is 0 Å². The predicted molar refractivity (Wildman–Crippen MR) is 80.3 cm³/mol. The topological polar surface area (TPSA) is 59.5 Å². The van der Waals surface area contributed by atoms with E-state index in [0.717, 1.165) is 11.1 Å². The van der Waals surface area contributed by atoms with Crippen LogP contribution in [0.2, 0.25) is 0 Å². The largest absolute Gasteiger partial charge is 0.469 e. The number of carbonyl (C=O) groups excluding carboxylic acids is 2. The molecule has 5 heteroatoms. The van der Waals surface area contributed by atoms with Crippen LogP contribution in [0.15, 0.2) is 36.2 Å². The number of hydrogen-bond donors (Lipinski definition) is 0. The Kier molecular flexibility index (Phi) is 6.59. The minimum Gasteiger partial charge on any atom is -0.469 e. The third-order valence-corrected chi connectivity index (χ3v) is 2.94. The number of nitrogens with zero attached hydrogens (tertiary/aromatic N) is 2. The van der Waals surface area contributed by atoms with Crippen molar-refractivity contribution in [2.24, 2.45) is 5.92 Å². The molecule has 0 saturated heterocycles. The Labute approximate surface area is 125 Å². The van der Waals surface area contributed by atoms with Crippen molar-refractivity contribution in [3.8, 4) is 0 Å². The van der Waals surface area contributed by atoms with E-state index in [9.17, 15) is 9.59 Å². The van der Waals surface area contributed by atoms with Crippen LogP contribution in [0.5, 0.6) is 0 Å². The minimum absolute atomic E-state index is 0.109. The van der Waals surface area contributed by atoms with Crippen LogP contribution in [0.4, 0.5) is 0 Å². The van der Waals surface area contributed by atoms with Crippen LogP contribution < -0.4 is 0 Å². The molecule has 0 aromatic carbocycles. The number of esters is 1. The number of hydrogen-bond acceptors (Lipinski definition) is 4. The number of carbonyl (C=O) groups is 2. The van der Waals surface area contributed by atoms with Crippen LogP contribution in [-0.4, -0.2) is 35.4 Å². The maximum absolute atomic E-state index is 12.3. The molecular weight excluding hydrogens is 268 g/mol. The van der Waals surface area contributed by atoms with Crippen molar-refractivity contribution in [3.05, 3.63) is 41.7 Å². The van der Waals surface area contributed by atoms with Gasteiger partial charge in [-0.15, -0.1) is 0 Å². The van der Waals surface area contributed by atoms with E-state index < -0.39 is 0 Å². The summed E-state index contributed by atoms with van der Waals surface area (Å²) in [5, 5.41) is 0. The van der Waals surface area contributed by atoms with Gasteiger partial charge in [0.05, 0.1) is 13.0 Å². The molecule has 0 aliphatic rings. The van der Waals surface area contributed by atoms with Crippen molar-refractivity contribution in [1.29, 1.82) is 0 Å². The number of ether oxygens (including phenoxy) is 1. The van der Waals surface area contributed by atoms with Gasteiger partial charge in [0.1, 0.15) is 0 Å². The fraction of sp³-hybridized carbons (Fsp3) is 0.438. The standard InChI is InChI=1S/C16H22N2O3/c1-12(2)9-15(19)18(10-13(3)16(20)21-4)11-14-5-7-17-8-6-14/h5-9,13H,10-11H2,1-4H3.